The van der Waals surface area contributed by atoms with Gasteiger partial charge in [0.05, 0.1) is 0 Å². The number of anilines is 1. The molecule has 4 nitrogen and oxygen atoms in total. The number of carboxylic acid groups (broad SMARTS) is 1. The molecule has 0 atom stereocenters. The molecule has 82 valence electrons. The Morgan fingerprint density at radius 1 is 1.31 bits per heavy atom. The first-order valence-corrected chi connectivity index (χ1v) is 4.77. The van der Waals surface area contributed by atoms with Crippen molar-refractivity contribution < 1.29 is 14.3 Å². The molecule has 0 aliphatic rings. The highest BCUT2D eigenvalue weighted by atomic mass is 16.4. The van der Waals surface area contributed by atoms with Crippen LogP contribution in [0.2, 0.25) is 0 Å². The summed E-state index contributed by atoms with van der Waals surface area (Å²) in [6, 6.07) is 8.59. The summed E-state index contributed by atoms with van der Waals surface area (Å²) >= 11 is 0. The van der Waals surface area contributed by atoms with E-state index in [0.717, 1.165) is 5.56 Å². The van der Waals surface area contributed by atoms with E-state index in [1.54, 1.807) is 31.2 Å². The van der Waals surface area contributed by atoms with Gasteiger partial charge in [-0.15, -0.1) is 0 Å². The van der Waals surface area contributed by atoms with E-state index in [1.807, 2.05) is 0 Å². The van der Waals surface area contributed by atoms with Gasteiger partial charge in [0.1, 0.15) is 17.1 Å². The van der Waals surface area contributed by atoms with E-state index in [9.17, 15) is 4.79 Å². The van der Waals surface area contributed by atoms with E-state index >= 15 is 0 Å². The SMILES string of the molecule is Cc1oc(-c2ccc(N)cc2)cc1C(=O)O. The predicted molar refractivity (Wildman–Crippen MR) is 60.3 cm³/mol. The van der Waals surface area contributed by atoms with Gasteiger partial charge in [-0.25, -0.2) is 4.79 Å². The number of carboxylic acids is 1. The second-order valence-corrected chi connectivity index (χ2v) is 3.51. The third kappa shape index (κ3) is 1.77. The van der Waals surface area contributed by atoms with Gasteiger partial charge in [0.25, 0.3) is 0 Å². The molecule has 0 saturated carbocycles. The van der Waals surface area contributed by atoms with Gasteiger partial charge >= 0.3 is 5.97 Å². The molecule has 1 heterocycles. The van der Waals surface area contributed by atoms with Crippen LogP contribution in [-0.4, -0.2) is 11.1 Å². The van der Waals surface area contributed by atoms with Crippen molar-refractivity contribution in [1.82, 2.24) is 0 Å². The first kappa shape index (κ1) is 10.3. The van der Waals surface area contributed by atoms with E-state index in [-0.39, 0.29) is 5.56 Å². The highest BCUT2D eigenvalue weighted by Gasteiger charge is 2.14. The quantitative estimate of drug-likeness (QED) is 0.758. The molecule has 0 aliphatic carbocycles. The summed E-state index contributed by atoms with van der Waals surface area (Å²) in [4.78, 5) is 10.8. The average Bonchev–Trinajstić information content (AvgIpc) is 2.61. The lowest BCUT2D eigenvalue weighted by Gasteiger charge is -1.96. The number of nitrogens with two attached hydrogens (primary N) is 1. The molecule has 16 heavy (non-hydrogen) atoms. The molecule has 0 amide bonds. The van der Waals surface area contributed by atoms with Crippen molar-refractivity contribution in [2.75, 3.05) is 5.73 Å². The zero-order valence-electron chi connectivity index (χ0n) is 8.73. The van der Waals surface area contributed by atoms with Crippen LogP contribution in [0.4, 0.5) is 5.69 Å². The Balaban J connectivity index is 2.45. The van der Waals surface area contributed by atoms with Crippen LogP contribution in [0.3, 0.4) is 0 Å². The van der Waals surface area contributed by atoms with Crippen LogP contribution in [0.1, 0.15) is 16.1 Å². The Labute approximate surface area is 92.3 Å². The fraction of sp³-hybridized carbons (Fsp3) is 0.0833. The van der Waals surface area contributed by atoms with Crippen LogP contribution in [-0.2, 0) is 0 Å². The molecule has 2 rings (SSSR count). The lowest BCUT2D eigenvalue weighted by atomic mass is 10.1. The van der Waals surface area contributed by atoms with Crippen LogP contribution >= 0.6 is 0 Å². The molecule has 1 aromatic carbocycles. The Morgan fingerprint density at radius 2 is 1.94 bits per heavy atom. The number of benzene rings is 1. The molecule has 0 spiro atoms. The molecule has 2 aromatic rings. The summed E-state index contributed by atoms with van der Waals surface area (Å²) in [5, 5.41) is 8.89. The molecule has 1 aromatic heterocycles. The lowest BCUT2D eigenvalue weighted by Crippen LogP contribution is -1.94. The topological polar surface area (TPSA) is 76.5 Å². The van der Waals surface area contributed by atoms with Gasteiger partial charge in [0.2, 0.25) is 0 Å². The third-order valence-corrected chi connectivity index (χ3v) is 2.34. The van der Waals surface area contributed by atoms with Crippen molar-refractivity contribution in [3.05, 3.63) is 41.7 Å². The largest absolute Gasteiger partial charge is 0.478 e. The molecule has 0 unspecified atom stereocenters. The summed E-state index contributed by atoms with van der Waals surface area (Å²) in [5.41, 5.74) is 7.22. The zero-order chi connectivity index (χ0) is 11.7. The first-order chi connectivity index (χ1) is 7.58. The molecule has 4 heteroatoms. The Bertz CT molecular complexity index is 526. The summed E-state index contributed by atoms with van der Waals surface area (Å²) in [7, 11) is 0. The second kappa shape index (κ2) is 3.73. The van der Waals surface area contributed by atoms with Crippen LogP contribution in [0.25, 0.3) is 11.3 Å². The maximum absolute atomic E-state index is 10.8. The summed E-state index contributed by atoms with van der Waals surface area (Å²) < 4.78 is 5.38. The number of carbonyl (C=O) groups is 1. The summed E-state index contributed by atoms with van der Waals surface area (Å²) in [6.07, 6.45) is 0. The van der Waals surface area contributed by atoms with Crippen LogP contribution in [0, 0.1) is 6.92 Å². The first-order valence-electron chi connectivity index (χ1n) is 4.77. The minimum Gasteiger partial charge on any atom is -0.478 e. The minimum atomic E-state index is -0.983. The average molecular weight is 217 g/mol. The summed E-state index contributed by atoms with van der Waals surface area (Å²) in [6.45, 7) is 1.63. The van der Waals surface area contributed by atoms with Crippen molar-refractivity contribution in [2.24, 2.45) is 0 Å². The smallest absolute Gasteiger partial charge is 0.339 e. The highest BCUT2D eigenvalue weighted by molar-refractivity contribution is 5.90. The molecule has 3 N–H and O–H groups in total. The van der Waals surface area contributed by atoms with Crippen molar-refractivity contribution in [2.45, 2.75) is 6.92 Å². The lowest BCUT2D eigenvalue weighted by molar-refractivity contribution is 0.0695. The number of rotatable bonds is 2. The standard InChI is InChI=1S/C12H11NO3/c1-7-10(12(14)15)6-11(16-7)8-2-4-9(13)5-3-8/h2-6H,13H2,1H3,(H,14,15). The van der Waals surface area contributed by atoms with Gasteiger partial charge < -0.3 is 15.3 Å². The molecule has 0 radical (unpaired) electrons. The van der Waals surface area contributed by atoms with E-state index in [0.29, 0.717) is 17.2 Å². The Kier molecular flexibility index (Phi) is 2.40. The third-order valence-electron chi connectivity index (χ3n) is 2.34. The maximum atomic E-state index is 10.8. The normalized spacial score (nSPS) is 10.3. The molecular weight excluding hydrogens is 206 g/mol. The van der Waals surface area contributed by atoms with E-state index in [2.05, 4.69) is 0 Å². The van der Waals surface area contributed by atoms with Crippen molar-refractivity contribution >= 4 is 11.7 Å². The van der Waals surface area contributed by atoms with Crippen molar-refractivity contribution in [3.8, 4) is 11.3 Å². The van der Waals surface area contributed by atoms with Gasteiger partial charge in [-0.05, 0) is 37.3 Å². The number of nitrogen functional groups attached to an aromatic ring is 1. The Morgan fingerprint density at radius 3 is 2.44 bits per heavy atom. The Hall–Kier alpha value is -2.23. The van der Waals surface area contributed by atoms with Crippen LogP contribution in [0.5, 0.6) is 0 Å². The van der Waals surface area contributed by atoms with Gasteiger partial charge in [-0.1, -0.05) is 0 Å². The monoisotopic (exact) mass is 217 g/mol. The van der Waals surface area contributed by atoms with E-state index in [4.69, 9.17) is 15.3 Å². The minimum absolute atomic E-state index is 0.187. The summed E-state index contributed by atoms with van der Waals surface area (Å²) in [5.74, 6) is -0.0443. The highest BCUT2D eigenvalue weighted by Crippen LogP contribution is 2.25. The van der Waals surface area contributed by atoms with Crippen LogP contribution < -0.4 is 5.73 Å². The van der Waals surface area contributed by atoms with E-state index < -0.39 is 5.97 Å². The molecule has 0 aliphatic heterocycles. The number of aromatic carboxylic acids is 1. The fourth-order valence-corrected chi connectivity index (χ4v) is 1.48. The zero-order valence-corrected chi connectivity index (χ0v) is 8.73. The van der Waals surface area contributed by atoms with Gasteiger partial charge in [0, 0.05) is 11.3 Å². The van der Waals surface area contributed by atoms with Gasteiger partial charge in [-0.2, -0.15) is 0 Å². The molecule has 0 bridgehead atoms. The van der Waals surface area contributed by atoms with Gasteiger partial charge in [-0.3, -0.25) is 0 Å². The van der Waals surface area contributed by atoms with Crippen molar-refractivity contribution in [1.29, 1.82) is 0 Å². The fourth-order valence-electron chi connectivity index (χ4n) is 1.48. The predicted octanol–water partition coefficient (Wildman–Crippen LogP) is 2.54. The van der Waals surface area contributed by atoms with Gasteiger partial charge in [0.15, 0.2) is 0 Å². The van der Waals surface area contributed by atoms with E-state index in [1.165, 1.54) is 6.07 Å². The van der Waals surface area contributed by atoms with Crippen molar-refractivity contribution in [3.63, 3.8) is 0 Å². The molecule has 0 saturated heterocycles. The number of aryl methyl sites for hydroxylation is 1. The maximum Gasteiger partial charge on any atom is 0.339 e. The number of furan rings is 1. The van der Waals surface area contributed by atoms with Crippen LogP contribution in [0.15, 0.2) is 34.7 Å². The molecular formula is C12H11NO3. The molecule has 0 fully saturated rings. The number of hydrogen-bond donors (Lipinski definition) is 2. The second-order valence-electron chi connectivity index (χ2n) is 3.51. The number of hydrogen-bond acceptors (Lipinski definition) is 3.